The van der Waals surface area contributed by atoms with E-state index in [0.29, 0.717) is 24.9 Å². The number of carbonyl (C=O) groups excluding carboxylic acids is 2. The molecule has 3 fully saturated rings. The predicted octanol–water partition coefficient (Wildman–Crippen LogP) is 3.47. The predicted molar refractivity (Wildman–Crippen MR) is 109 cm³/mol. The molecule has 0 aromatic heterocycles. The SMILES string of the molecule is O=C(CCC(=O)N1CCC(N2CCCCC2)CC1)NC1CCCCCCC1. The van der Waals surface area contributed by atoms with Crippen LogP contribution < -0.4 is 5.32 Å². The number of amides is 2. The van der Waals surface area contributed by atoms with Gasteiger partial charge in [0.05, 0.1) is 0 Å². The van der Waals surface area contributed by atoms with Gasteiger partial charge in [-0.15, -0.1) is 0 Å². The Bertz CT molecular complexity index is 460. The molecular weight excluding hydrogens is 338 g/mol. The van der Waals surface area contributed by atoms with Crippen LogP contribution in [-0.4, -0.2) is 59.9 Å². The molecule has 0 atom stereocenters. The highest BCUT2D eigenvalue weighted by Gasteiger charge is 2.27. The molecule has 2 aliphatic heterocycles. The first-order valence-electron chi connectivity index (χ1n) is 11.5. The van der Waals surface area contributed by atoms with E-state index in [1.165, 1.54) is 64.5 Å². The first-order chi connectivity index (χ1) is 13.2. The topological polar surface area (TPSA) is 52.7 Å². The lowest BCUT2D eigenvalue weighted by Gasteiger charge is -2.40. The summed E-state index contributed by atoms with van der Waals surface area (Å²) in [6, 6.07) is 0.991. The van der Waals surface area contributed by atoms with Crippen LogP contribution in [0.1, 0.15) is 89.9 Å². The summed E-state index contributed by atoms with van der Waals surface area (Å²) >= 11 is 0. The van der Waals surface area contributed by atoms with Crippen LogP contribution in [0.2, 0.25) is 0 Å². The molecule has 1 aliphatic carbocycles. The van der Waals surface area contributed by atoms with Crippen molar-refractivity contribution in [2.24, 2.45) is 0 Å². The number of hydrogen-bond acceptors (Lipinski definition) is 3. The van der Waals surface area contributed by atoms with E-state index in [0.717, 1.165) is 38.8 Å². The van der Waals surface area contributed by atoms with Crippen molar-refractivity contribution < 1.29 is 9.59 Å². The van der Waals surface area contributed by atoms with E-state index in [4.69, 9.17) is 0 Å². The van der Waals surface area contributed by atoms with Gasteiger partial charge in [-0.25, -0.2) is 0 Å². The molecule has 1 saturated carbocycles. The summed E-state index contributed by atoms with van der Waals surface area (Å²) in [5, 5.41) is 3.18. The lowest BCUT2D eigenvalue weighted by Crippen LogP contribution is -2.48. The Hall–Kier alpha value is -1.10. The minimum atomic E-state index is 0.0668. The lowest BCUT2D eigenvalue weighted by molar-refractivity contribution is -0.135. The molecule has 2 heterocycles. The van der Waals surface area contributed by atoms with Crippen molar-refractivity contribution in [2.75, 3.05) is 26.2 Å². The zero-order valence-electron chi connectivity index (χ0n) is 17.1. The average Bonchev–Trinajstić information content (AvgIpc) is 2.69. The number of likely N-dealkylation sites (tertiary alicyclic amines) is 2. The van der Waals surface area contributed by atoms with E-state index >= 15 is 0 Å². The number of nitrogens with one attached hydrogen (secondary N) is 1. The second-order valence-corrected chi connectivity index (χ2v) is 8.82. The van der Waals surface area contributed by atoms with Gasteiger partial charge in [0.2, 0.25) is 11.8 Å². The highest BCUT2D eigenvalue weighted by atomic mass is 16.2. The van der Waals surface area contributed by atoms with Crippen molar-refractivity contribution in [1.82, 2.24) is 15.1 Å². The second-order valence-electron chi connectivity index (χ2n) is 8.82. The Morgan fingerprint density at radius 3 is 1.96 bits per heavy atom. The van der Waals surface area contributed by atoms with E-state index in [1.807, 2.05) is 4.90 Å². The van der Waals surface area contributed by atoms with Crippen LogP contribution in [0.4, 0.5) is 0 Å². The Morgan fingerprint density at radius 2 is 1.30 bits per heavy atom. The molecular formula is C22H39N3O2. The Morgan fingerprint density at radius 1 is 0.704 bits per heavy atom. The van der Waals surface area contributed by atoms with Crippen LogP contribution in [0, 0.1) is 0 Å². The van der Waals surface area contributed by atoms with E-state index in [1.54, 1.807) is 0 Å². The molecule has 0 bridgehead atoms. The summed E-state index contributed by atoms with van der Waals surface area (Å²) in [5.41, 5.74) is 0. The largest absolute Gasteiger partial charge is 0.353 e. The van der Waals surface area contributed by atoms with Gasteiger partial charge in [-0.2, -0.15) is 0 Å². The van der Waals surface area contributed by atoms with Crippen molar-refractivity contribution >= 4 is 11.8 Å². The molecule has 0 aromatic carbocycles. The maximum absolute atomic E-state index is 12.5. The third-order valence-corrected chi connectivity index (χ3v) is 6.76. The third-order valence-electron chi connectivity index (χ3n) is 6.76. The van der Waals surface area contributed by atoms with Gasteiger partial charge in [0, 0.05) is 38.0 Å². The Balaban J connectivity index is 1.32. The summed E-state index contributed by atoms with van der Waals surface area (Å²) < 4.78 is 0. The summed E-state index contributed by atoms with van der Waals surface area (Å²) in [5.74, 6) is 0.233. The van der Waals surface area contributed by atoms with Gasteiger partial charge in [0.25, 0.3) is 0 Å². The van der Waals surface area contributed by atoms with Gasteiger partial charge in [-0.05, 0) is 51.6 Å². The number of piperidine rings is 2. The monoisotopic (exact) mass is 377 g/mol. The zero-order chi connectivity index (χ0) is 18.9. The maximum Gasteiger partial charge on any atom is 0.223 e. The smallest absolute Gasteiger partial charge is 0.223 e. The van der Waals surface area contributed by atoms with Crippen molar-refractivity contribution in [1.29, 1.82) is 0 Å². The molecule has 5 heteroatoms. The quantitative estimate of drug-likeness (QED) is 0.798. The van der Waals surface area contributed by atoms with E-state index < -0.39 is 0 Å². The standard InChI is InChI=1S/C22H39N3O2/c26-21(23-19-9-5-2-1-3-6-10-19)11-12-22(27)25-17-13-20(14-18-25)24-15-7-4-8-16-24/h19-20H,1-18H2,(H,23,26). The van der Waals surface area contributed by atoms with Crippen LogP contribution in [0.25, 0.3) is 0 Å². The van der Waals surface area contributed by atoms with Crippen LogP contribution >= 0.6 is 0 Å². The molecule has 2 saturated heterocycles. The van der Waals surface area contributed by atoms with Gasteiger partial charge >= 0.3 is 0 Å². The van der Waals surface area contributed by atoms with Crippen LogP contribution in [0.5, 0.6) is 0 Å². The summed E-state index contributed by atoms with van der Waals surface area (Å²) in [4.78, 5) is 29.4. The van der Waals surface area contributed by atoms with Gasteiger partial charge in [0.1, 0.15) is 0 Å². The molecule has 0 unspecified atom stereocenters. The fourth-order valence-corrected chi connectivity index (χ4v) is 5.04. The average molecular weight is 378 g/mol. The molecule has 5 nitrogen and oxygen atoms in total. The molecule has 2 amide bonds. The summed E-state index contributed by atoms with van der Waals surface area (Å²) in [6.45, 7) is 4.20. The fraction of sp³-hybridized carbons (Fsp3) is 0.909. The minimum absolute atomic E-state index is 0.0668. The molecule has 0 spiro atoms. The molecule has 0 aromatic rings. The minimum Gasteiger partial charge on any atom is -0.353 e. The molecule has 3 aliphatic rings. The van der Waals surface area contributed by atoms with Gasteiger partial charge in [0.15, 0.2) is 0 Å². The molecule has 1 N–H and O–H groups in total. The van der Waals surface area contributed by atoms with Crippen molar-refractivity contribution in [3.05, 3.63) is 0 Å². The van der Waals surface area contributed by atoms with Crippen LogP contribution in [0.15, 0.2) is 0 Å². The van der Waals surface area contributed by atoms with E-state index in [9.17, 15) is 9.59 Å². The van der Waals surface area contributed by atoms with E-state index in [2.05, 4.69) is 10.2 Å². The highest BCUT2D eigenvalue weighted by molar-refractivity contribution is 5.84. The van der Waals surface area contributed by atoms with Crippen molar-refractivity contribution in [3.8, 4) is 0 Å². The first kappa shape index (κ1) is 20.6. The second kappa shape index (κ2) is 11.0. The third kappa shape index (κ3) is 6.78. The van der Waals surface area contributed by atoms with Crippen LogP contribution in [-0.2, 0) is 9.59 Å². The molecule has 3 rings (SSSR count). The fourth-order valence-electron chi connectivity index (χ4n) is 5.04. The molecule has 27 heavy (non-hydrogen) atoms. The Kier molecular flexibility index (Phi) is 8.43. The van der Waals surface area contributed by atoms with Crippen molar-refractivity contribution in [2.45, 2.75) is 102 Å². The highest BCUT2D eigenvalue weighted by Crippen LogP contribution is 2.21. The van der Waals surface area contributed by atoms with Gasteiger partial charge < -0.3 is 15.1 Å². The summed E-state index contributed by atoms with van der Waals surface area (Å²) in [7, 11) is 0. The number of carbonyl (C=O) groups is 2. The molecule has 154 valence electrons. The first-order valence-corrected chi connectivity index (χ1v) is 11.5. The van der Waals surface area contributed by atoms with Crippen LogP contribution in [0.3, 0.4) is 0 Å². The van der Waals surface area contributed by atoms with Gasteiger partial charge in [-0.3, -0.25) is 9.59 Å². The number of hydrogen-bond donors (Lipinski definition) is 1. The summed E-state index contributed by atoms with van der Waals surface area (Å²) in [6.07, 6.45) is 15.5. The van der Waals surface area contributed by atoms with Gasteiger partial charge in [-0.1, -0.05) is 38.5 Å². The normalized spacial score (nSPS) is 24.2. The molecule has 0 radical (unpaired) electrons. The number of nitrogens with zero attached hydrogens (tertiary/aromatic N) is 2. The lowest BCUT2D eigenvalue weighted by atomic mass is 9.96. The Labute approximate surface area is 165 Å². The van der Waals surface area contributed by atoms with Crippen molar-refractivity contribution in [3.63, 3.8) is 0 Å². The zero-order valence-corrected chi connectivity index (χ0v) is 17.1. The number of rotatable bonds is 5. The van der Waals surface area contributed by atoms with E-state index in [-0.39, 0.29) is 11.8 Å². The maximum atomic E-state index is 12.5.